The van der Waals surface area contributed by atoms with Crippen LogP contribution in [0.5, 0.6) is 0 Å². The molecule has 1 aromatic carbocycles. The molecule has 0 aliphatic carbocycles. The fraction of sp³-hybridized carbons (Fsp3) is 0.529. The number of carbonyl (C=O) groups excluding carboxylic acids is 2. The van der Waals surface area contributed by atoms with Crippen molar-refractivity contribution in [2.45, 2.75) is 25.2 Å². The highest BCUT2D eigenvalue weighted by molar-refractivity contribution is 7.89. The summed E-state index contributed by atoms with van der Waals surface area (Å²) in [4.78, 5) is 26.4. The Morgan fingerprint density at radius 1 is 1.00 bits per heavy atom. The van der Waals surface area contributed by atoms with Gasteiger partial charge in [0.05, 0.1) is 4.90 Å². The predicted molar refractivity (Wildman–Crippen MR) is 101 cm³/mol. The largest absolute Gasteiger partial charge is 0.342 e. The highest BCUT2D eigenvalue weighted by atomic mass is 32.2. The lowest BCUT2D eigenvalue weighted by Gasteiger charge is -2.22. The van der Waals surface area contributed by atoms with Crippen molar-refractivity contribution in [1.29, 1.82) is 0 Å². The maximum Gasteiger partial charge on any atom is 0.240 e. The first-order chi connectivity index (χ1) is 12.1. The Kier molecular flexibility index (Phi) is 8.70. The zero-order chi connectivity index (χ0) is 19.7. The fourth-order valence-electron chi connectivity index (χ4n) is 2.32. The Balaban J connectivity index is 2.57. The molecule has 0 aliphatic rings. The minimum atomic E-state index is -3.67. The van der Waals surface area contributed by atoms with E-state index in [1.807, 2.05) is 19.0 Å². The molecule has 1 aromatic rings. The lowest BCUT2D eigenvalue weighted by atomic mass is 10.3. The van der Waals surface area contributed by atoms with E-state index in [0.717, 1.165) is 13.0 Å². The van der Waals surface area contributed by atoms with Gasteiger partial charge in [0.2, 0.25) is 21.8 Å². The Morgan fingerprint density at radius 2 is 1.62 bits per heavy atom. The Bertz CT molecular complexity index is 702. The van der Waals surface area contributed by atoms with Crippen LogP contribution >= 0.6 is 0 Å². The third-order valence-corrected chi connectivity index (χ3v) is 5.11. The minimum Gasteiger partial charge on any atom is -0.342 e. The minimum absolute atomic E-state index is 0.0809. The molecule has 0 saturated heterocycles. The fourth-order valence-corrected chi connectivity index (χ4v) is 3.34. The van der Waals surface area contributed by atoms with E-state index in [4.69, 9.17) is 0 Å². The summed E-state index contributed by atoms with van der Waals surface area (Å²) in [5, 5.41) is 2.58. The number of nitrogens with zero attached hydrogens (tertiary/aromatic N) is 2. The number of nitrogens with one attached hydrogen (secondary N) is 2. The van der Waals surface area contributed by atoms with Gasteiger partial charge >= 0.3 is 0 Å². The quantitative estimate of drug-likeness (QED) is 0.619. The first kappa shape index (κ1) is 22.1. The number of anilines is 1. The van der Waals surface area contributed by atoms with Crippen LogP contribution in [0.25, 0.3) is 0 Å². The molecule has 0 fully saturated rings. The molecule has 26 heavy (non-hydrogen) atoms. The van der Waals surface area contributed by atoms with Crippen molar-refractivity contribution >= 4 is 27.5 Å². The van der Waals surface area contributed by atoms with E-state index >= 15 is 0 Å². The van der Waals surface area contributed by atoms with Crippen LogP contribution in [-0.2, 0) is 19.6 Å². The maximum absolute atomic E-state index is 12.3. The molecule has 0 unspecified atom stereocenters. The molecule has 0 atom stereocenters. The van der Waals surface area contributed by atoms with Crippen LogP contribution in [0, 0.1) is 0 Å². The summed E-state index contributed by atoms with van der Waals surface area (Å²) >= 11 is 0. The number of carbonyl (C=O) groups is 2. The van der Waals surface area contributed by atoms with Crippen LogP contribution in [0.4, 0.5) is 5.69 Å². The molecule has 0 saturated carbocycles. The summed E-state index contributed by atoms with van der Waals surface area (Å²) in [6.07, 6.45) is 0.823. The Morgan fingerprint density at radius 3 is 2.12 bits per heavy atom. The number of hydrogen-bond acceptors (Lipinski definition) is 5. The van der Waals surface area contributed by atoms with Crippen molar-refractivity contribution in [3.8, 4) is 0 Å². The van der Waals surface area contributed by atoms with E-state index in [1.165, 1.54) is 38.1 Å². The van der Waals surface area contributed by atoms with Crippen molar-refractivity contribution < 1.29 is 18.0 Å². The first-order valence-corrected chi connectivity index (χ1v) is 9.87. The summed E-state index contributed by atoms with van der Waals surface area (Å²) in [6.45, 7) is 4.75. The second kappa shape index (κ2) is 10.2. The first-order valence-electron chi connectivity index (χ1n) is 8.39. The summed E-state index contributed by atoms with van der Waals surface area (Å²) < 4.78 is 27.1. The van der Waals surface area contributed by atoms with Gasteiger partial charge in [0.1, 0.15) is 0 Å². The van der Waals surface area contributed by atoms with Gasteiger partial charge in [0.25, 0.3) is 0 Å². The highest BCUT2D eigenvalue weighted by Gasteiger charge is 2.15. The molecule has 0 bridgehead atoms. The van der Waals surface area contributed by atoms with Crippen molar-refractivity contribution in [2.75, 3.05) is 45.6 Å². The molecule has 1 rings (SSSR count). The highest BCUT2D eigenvalue weighted by Crippen LogP contribution is 2.13. The molecule has 0 aromatic heterocycles. The van der Waals surface area contributed by atoms with Gasteiger partial charge in [0.15, 0.2) is 0 Å². The molecule has 8 nitrogen and oxygen atoms in total. The molecule has 146 valence electrons. The van der Waals surface area contributed by atoms with E-state index in [9.17, 15) is 18.0 Å². The average Bonchev–Trinajstić information content (AvgIpc) is 2.52. The molecule has 0 heterocycles. The van der Waals surface area contributed by atoms with Gasteiger partial charge in [-0.25, -0.2) is 13.1 Å². The van der Waals surface area contributed by atoms with Gasteiger partial charge in [-0.1, -0.05) is 0 Å². The topological polar surface area (TPSA) is 98.8 Å². The third kappa shape index (κ3) is 7.94. The molecule has 2 N–H and O–H groups in total. The molecule has 0 radical (unpaired) electrons. The number of benzene rings is 1. The average molecular weight is 385 g/mol. The van der Waals surface area contributed by atoms with Crippen molar-refractivity contribution in [3.05, 3.63) is 24.3 Å². The zero-order valence-corrected chi connectivity index (χ0v) is 16.6. The predicted octanol–water partition coefficient (Wildman–Crippen LogP) is 0.724. The number of hydrogen-bond donors (Lipinski definition) is 2. The van der Waals surface area contributed by atoms with Crippen molar-refractivity contribution in [3.63, 3.8) is 0 Å². The van der Waals surface area contributed by atoms with E-state index in [1.54, 1.807) is 4.90 Å². The monoisotopic (exact) mass is 384 g/mol. The molecule has 0 aliphatic heterocycles. The molecule has 9 heteroatoms. The van der Waals surface area contributed by atoms with Gasteiger partial charge in [0, 0.05) is 39.2 Å². The maximum atomic E-state index is 12.3. The number of rotatable bonds is 10. The van der Waals surface area contributed by atoms with Crippen LogP contribution in [0.15, 0.2) is 29.2 Å². The van der Waals surface area contributed by atoms with Crippen molar-refractivity contribution in [2.24, 2.45) is 0 Å². The van der Waals surface area contributed by atoms with Crippen LogP contribution in [0.1, 0.15) is 20.3 Å². The van der Waals surface area contributed by atoms with E-state index in [2.05, 4.69) is 10.0 Å². The summed E-state index contributed by atoms with van der Waals surface area (Å²) in [6, 6.07) is 5.90. The summed E-state index contributed by atoms with van der Waals surface area (Å²) in [5.41, 5.74) is 0.528. The zero-order valence-electron chi connectivity index (χ0n) is 15.8. The molecular formula is C17H28N4O4S. The second-order valence-electron chi connectivity index (χ2n) is 6.27. The van der Waals surface area contributed by atoms with Gasteiger partial charge in [-0.3, -0.25) is 9.59 Å². The summed E-state index contributed by atoms with van der Waals surface area (Å²) in [7, 11) is 0.254. The normalized spacial score (nSPS) is 11.4. The van der Waals surface area contributed by atoms with Gasteiger partial charge in [-0.15, -0.1) is 0 Å². The standard InChI is InChI=1S/C17H28N4O4S/c1-14(22)19-16-6-8-17(9-7-16)26(24,25)18-10-13-21(15(2)23)12-5-11-20(3)4/h6-9,18H,5,10-13H2,1-4H3,(H,19,22). The van der Waals surface area contributed by atoms with Crippen LogP contribution in [0.3, 0.4) is 0 Å². The molecule has 0 spiro atoms. The van der Waals surface area contributed by atoms with E-state index in [-0.39, 0.29) is 23.3 Å². The molecule has 2 amide bonds. The van der Waals surface area contributed by atoms with Crippen LogP contribution in [-0.4, -0.2) is 70.3 Å². The molecular weight excluding hydrogens is 356 g/mol. The summed E-state index contributed by atoms with van der Waals surface area (Å²) in [5.74, 6) is -0.306. The van der Waals surface area contributed by atoms with Gasteiger partial charge in [-0.2, -0.15) is 0 Å². The lowest BCUT2D eigenvalue weighted by Crippen LogP contribution is -2.38. The van der Waals surface area contributed by atoms with Gasteiger partial charge < -0.3 is 15.1 Å². The van der Waals surface area contributed by atoms with Crippen LogP contribution in [0.2, 0.25) is 0 Å². The van der Waals surface area contributed by atoms with Crippen LogP contribution < -0.4 is 10.0 Å². The smallest absolute Gasteiger partial charge is 0.240 e. The van der Waals surface area contributed by atoms with Gasteiger partial charge in [-0.05, 0) is 51.3 Å². The second-order valence-corrected chi connectivity index (χ2v) is 8.03. The Labute approximate surface area is 155 Å². The van der Waals surface area contributed by atoms with Crippen molar-refractivity contribution in [1.82, 2.24) is 14.5 Å². The van der Waals surface area contributed by atoms with E-state index < -0.39 is 10.0 Å². The third-order valence-electron chi connectivity index (χ3n) is 3.64. The Hall–Kier alpha value is -1.97. The number of amides is 2. The number of sulfonamides is 1. The SMILES string of the molecule is CC(=O)Nc1ccc(S(=O)(=O)NCCN(CCCN(C)C)C(C)=O)cc1. The van der Waals surface area contributed by atoms with E-state index in [0.29, 0.717) is 18.8 Å². The lowest BCUT2D eigenvalue weighted by molar-refractivity contribution is -0.128.